The Labute approximate surface area is 107 Å². The van der Waals surface area contributed by atoms with E-state index in [1.54, 1.807) is 4.88 Å². The maximum absolute atomic E-state index is 4.98. The molecule has 3 saturated carbocycles. The molecular formula is C14H20N2S. The van der Waals surface area contributed by atoms with Crippen LogP contribution in [-0.4, -0.2) is 11.0 Å². The van der Waals surface area contributed by atoms with Crippen molar-refractivity contribution in [3.05, 3.63) is 15.6 Å². The monoisotopic (exact) mass is 248 g/mol. The summed E-state index contributed by atoms with van der Waals surface area (Å²) in [6.45, 7) is 3.45. The highest BCUT2D eigenvalue weighted by Gasteiger charge is 2.43. The van der Waals surface area contributed by atoms with Gasteiger partial charge < -0.3 is 5.32 Å². The molecule has 0 amide bonds. The summed E-state index contributed by atoms with van der Waals surface area (Å²) in [5.41, 5.74) is 1.90. The van der Waals surface area contributed by atoms with Gasteiger partial charge in [0.05, 0.1) is 10.7 Å². The van der Waals surface area contributed by atoms with E-state index in [0.717, 1.165) is 18.5 Å². The van der Waals surface area contributed by atoms with Crippen molar-refractivity contribution < 1.29 is 0 Å². The zero-order chi connectivity index (χ0) is 11.5. The van der Waals surface area contributed by atoms with Crippen LogP contribution in [0.25, 0.3) is 0 Å². The fraction of sp³-hybridized carbons (Fsp3) is 0.786. The van der Waals surface area contributed by atoms with E-state index in [1.165, 1.54) is 49.2 Å². The van der Waals surface area contributed by atoms with E-state index in [0.29, 0.717) is 5.41 Å². The molecule has 2 nitrogen and oxygen atoms in total. The smallest absolute Gasteiger partial charge is 0.0990 e. The summed E-state index contributed by atoms with van der Waals surface area (Å²) < 4.78 is 0. The van der Waals surface area contributed by atoms with Crippen LogP contribution < -0.4 is 5.32 Å². The van der Waals surface area contributed by atoms with Gasteiger partial charge in [0, 0.05) is 28.8 Å². The van der Waals surface area contributed by atoms with Crippen molar-refractivity contribution in [2.45, 2.75) is 69.4 Å². The van der Waals surface area contributed by atoms with Crippen LogP contribution in [0.5, 0.6) is 0 Å². The molecule has 3 heteroatoms. The number of hydrogen-bond donors (Lipinski definition) is 1. The van der Waals surface area contributed by atoms with E-state index in [2.05, 4.69) is 12.2 Å². The fourth-order valence-electron chi connectivity index (χ4n) is 2.35. The van der Waals surface area contributed by atoms with E-state index >= 15 is 0 Å². The van der Waals surface area contributed by atoms with Crippen LogP contribution in [0.3, 0.4) is 0 Å². The van der Waals surface area contributed by atoms with Gasteiger partial charge in [-0.15, -0.1) is 11.3 Å². The summed E-state index contributed by atoms with van der Waals surface area (Å²) in [4.78, 5) is 6.53. The lowest BCUT2D eigenvalue weighted by molar-refractivity contribution is 0.687. The van der Waals surface area contributed by atoms with Crippen LogP contribution in [0.1, 0.15) is 66.9 Å². The molecule has 3 fully saturated rings. The van der Waals surface area contributed by atoms with Gasteiger partial charge in [0.15, 0.2) is 0 Å². The van der Waals surface area contributed by atoms with Gasteiger partial charge in [0.25, 0.3) is 0 Å². The molecule has 0 spiro atoms. The van der Waals surface area contributed by atoms with Gasteiger partial charge in [-0.05, 0) is 38.5 Å². The van der Waals surface area contributed by atoms with E-state index in [1.807, 2.05) is 11.3 Å². The second-order valence-electron chi connectivity index (χ2n) is 6.32. The summed E-state index contributed by atoms with van der Waals surface area (Å²) in [6.07, 6.45) is 8.19. The molecular weight excluding hydrogens is 228 g/mol. The molecule has 0 bridgehead atoms. The topological polar surface area (TPSA) is 24.9 Å². The molecule has 3 aliphatic rings. The van der Waals surface area contributed by atoms with Crippen molar-refractivity contribution in [3.63, 3.8) is 0 Å². The highest BCUT2D eigenvalue weighted by Crippen LogP contribution is 2.51. The molecule has 1 aromatic rings. The Hall–Kier alpha value is -0.410. The lowest BCUT2D eigenvalue weighted by atomic mass is 10.1. The van der Waals surface area contributed by atoms with Gasteiger partial charge in [-0.1, -0.05) is 6.92 Å². The fourth-order valence-corrected chi connectivity index (χ4v) is 3.65. The van der Waals surface area contributed by atoms with Crippen LogP contribution in [0.2, 0.25) is 0 Å². The quantitative estimate of drug-likeness (QED) is 0.864. The zero-order valence-electron chi connectivity index (χ0n) is 10.5. The van der Waals surface area contributed by atoms with Crippen molar-refractivity contribution in [1.82, 2.24) is 10.3 Å². The largest absolute Gasteiger partial charge is 0.309 e. The van der Waals surface area contributed by atoms with Gasteiger partial charge in [0.1, 0.15) is 0 Å². The minimum absolute atomic E-state index is 0.451. The van der Waals surface area contributed by atoms with Gasteiger partial charge >= 0.3 is 0 Å². The third kappa shape index (κ3) is 2.04. The first kappa shape index (κ1) is 10.5. The second-order valence-corrected chi connectivity index (χ2v) is 7.40. The minimum Gasteiger partial charge on any atom is -0.309 e. The predicted octanol–water partition coefficient (Wildman–Crippen LogP) is 3.32. The Bertz CT molecular complexity index is 439. The SMILES string of the molecule is CC1(c2nc(C3CC3)c(CNC3CC3)s2)CC1. The van der Waals surface area contributed by atoms with Crippen molar-refractivity contribution in [2.75, 3.05) is 0 Å². The predicted molar refractivity (Wildman–Crippen MR) is 70.5 cm³/mol. The molecule has 4 rings (SSSR count). The van der Waals surface area contributed by atoms with Gasteiger partial charge in [-0.3, -0.25) is 0 Å². The Morgan fingerprint density at radius 2 is 2.06 bits per heavy atom. The molecule has 92 valence electrons. The van der Waals surface area contributed by atoms with Gasteiger partial charge in [-0.2, -0.15) is 0 Å². The molecule has 1 aromatic heterocycles. The van der Waals surface area contributed by atoms with E-state index < -0.39 is 0 Å². The van der Waals surface area contributed by atoms with E-state index in [-0.39, 0.29) is 0 Å². The maximum atomic E-state index is 4.98. The summed E-state index contributed by atoms with van der Waals surface area (Å²) in [6, 6.07) is 0.809. The normalized spacial score (nSPS) is 26.2. The van der Waals surface area contributed by atoms with Crippen molar-refractivity contribution in [1.29, 1.82) is 0 Å². The number of hydrogen-bond acceptors (Lipinski definition) is 3. The average Bonchev–Trinajstić information content (AvgIpc) is 3.15. The molecule has 0 saturated heterocycles. The molecule has 17 heavy (non-hydrogen) atoms. The second kappa shape index (κ2) is 3.55. The zero-order valence-corrected chi connectivity index (χ0v) is 11.3. The van der Waals surface area contributed by atoms with E-state index in [9.17, 15) is 0 Å². The summed E-state index contributed by atoms with van der Waals surface area (Å²) in [5.74, 6) is 0.804. The van der Waals surface area contributed by atoms with Crippen molar-refractivity contribution >= 4 is 11.3 Å². The van der Waals surface area contributed by atoms with Crippen molar-refractivity contribution in [2.24, 2.45) is 0 Å². The van der Waals surface area contributed by atoms with Gasteiger partial charge in [0.2, 0.25) is 0 Å². The molecule has 3 aliphatic carbocycles. The van der Waals surface area contributed by atoms with Crippen LogP contribution in [0, 0.1) is 0 Å². The van der Waals surface area contributed by atoms with Crippen LogP contribution in [0.15, 0.2) is 0 Å². The summed E-state index contributed by atoms with van der Waals surface area (Å²) >= 11 is 1.99. The first-order chi connectivity index (χ1) is 8.24. The first-order valence-corrected chi connectivity index (χ1v) is 7.80. The minimum atomic E-state index is 0.451. The van der Waals surface area contributed by atoms with E-state index in [4.69, 9.17) is 4.98 Å². The summed E-state index contributed by atoms with van der Waals surface area (Å²) in [7, 11) is 0. The standard InChI is InChI=1S/C14H20N2S/c1-14(6-7-14)13-16-12(9-2-3-9)11(17-13)8-15-10-4-5-10/h9-10,15H,2-8H2,1H3. The van der Waals surface area contributed by atoms with Gasteiger partial charge in [-0.25, -0.2) is 4.98 Å². The first-order valence-electron chi connectivity index (χ1n) is 6.98. The molecule has 0 radical (unpaired) electrons. The Balaban J connectivity index is 1.58. The van der Waals surface area contributed by atoms with Crippen molar-refractivity contribution in [3.8, 4) is 0 Å². The Morgan fingerprint density at radius 3 is 2.65 bits per heavy atom. The molecule has 0 unspecified atom stereocenters. The molecule has 0 aromatic carbocycles. The third-order valence-corrected chi connectivity index (χ3v) is 5.71. The molecule has 1 N–H and O–H groups in total. The lowest BCUT2D eigenvalue weighted by Crippen LogP contribution is -2.15. The average molecular weight is 248 g/mol. The lowest BCUT2D eigenvalue weighted by Gasteiger charge is -2.01. The molecule has 0 atom stereocenters. The number of thiazole rings is 1. The number of nitrogens with one attached hydrogen (secondary N) is 1. The Kier molecular flexibility index (Phi) is 2.19. The maximum Gasteiger partial charge on any atom is 0.0990 e. The van der Waals surface area contributed by atoms with Crippen LogP contribution >= 0.6 is 11.3 Å². The molecule has 0 aliphatic heterocycles. The number of aromatic nitrogens is 1. The highest BCUT2D eigenvalue weighted by molar-refractivity contribution is 7.12. The highest BCUT2D eigenvalue weighted by atomic mass is 32.1. The Morgan fingerprint density at radius 1 is 1.29 bits per heavy atom. The third-order valence-electron chi connectivity index (χ3n) is 4.34. The summed E-state index contributed by atoms with van der Waals surface area (Å²) in [5, 5.41) is 5.07. The molecule has 1 heterocycles. The van der Waals surface area contributed by atoms with Crippen LogP contribution in [0.4, 0.5) is 0 Å². The number of nitrogens with zero attached hydrogens (tertiary/aromatic N) is 1. The number of rotatable bonds is 5. The van der Waals surface area contributed by atoms with Crippen LogP contribution in [-0.2, 0) is 12.0 Å².